The quantitative estimate of drug-likeness (QED) is 0.762. The summed E-state index contributed by atoms with van der Waals surface area (Å²) in [6, 6.07) is 8.57. The van der Waals surface area contributed by atoms with Crippen molar-refractivity contribution < 1.29 is 9.53 Å². The zero-order chi connectivity index (χ0) is 17.5. The third-order valence-electron chi connectivity index (χ3n) is 5.33. The smallest absolute Gasteiger partial charge is 0.234 e. The van der Waals surface area contributed by atoms with Crippen molar-refractivity contribution in [2.75, 3.05) is 26.7 Å². The Morgan fingerprint density at radius 1 is 1.19 bits per heavy atom. The Hall–Kier alpha value is -1.30. The lowest BCUT2D eigenvalue weighted by atomic mass is 10.1. The summed E-state index contributed by atoms with van der Waals surface area (Å²) in [5.74, 6) is 1.01. The van der Waals surface area contributed by atoms with Crippen LogP contribution in [0.4, 0.5) is 0 Å². The molecule has 0 bridgehead atoms. The molecule has 146 valence electrons. The number of hydrogen-bond donors (Lipinski definition) is 2. The van der Waals surface area contributed by atoms with Crippen LogP contribution in [0.1, 0.15) is 44.1 Å². The molecule has 1 saturated heterocycles. The van der Waals surface area contributed by atoms with Gasteiger partial charge in [-0.2, -0.15) is 0 Å². The van der Waals surface area contributed by atoms with E-state index in [2.05, 4.69) is 15.5 Å². The van der Waals surface area contributed by atoms with Crippen molar-refractivity contribution in [1.82, 2.24) is 15.5 Å². The Bertz CT molecular complexity index is 564. The van der Waals surface area contributed by atoms with E-state index in [1.54, 1.807) is 0 Å². The minimum Gasteiger partial charge on any atom is -0.490 e. The fourth-order valence-electron chi connectivity index (χ4n) is 3.84. The molecule has 1 aliphatic heterocycles. The van der Waals surface area contributed by atoms with Crippen molar-refractivity contribution in [1.29, 1.82) is 0 Å². The summed E-state index contributed by atoms with van der Waals surface area (Å²) < 4.78 is 6.15. The molecule has 6 heteroatoms. The zero-order valence-corrected chi connectivity index (χ0v) is 16.5. The molecule has 1 aromatic carbocycles. The van der Waals surface area contributed by atoms with E-state index in [0.717, 1.165) is 43.7 Å². The van der Waals surface area contributed by atoms with Crippen LogP contribution >= 0.6 is 12.4 Å². The fraction of sp³-hybridized carbons (Fsp3) is 0.650. The standard InChI is InChI=1S/C20H31N3O2.ClH/c1-21-17-8-6-12-23(14-17)15-20(24)22-13-16-7-2-5-11-19(16)25-18-9-3-4-10-18;/h2,5,7,11,17-18,21H,3-4,6,8-10,12-15H2,1H3,(H,22,24);1H. The van der Waals surface area contributed by atoms with Gasteiger partial charge in [-0.15, -0.1) is 12.4 Å². The monoisotopic (exact) mass is 381 g/mol. The Labute approximate surface area is 163 Å². The number of para-hydroxylation sites is 1. The Morgan fingerprint density at radius 3 is 2.73 bits per heavy atom. The number of likely N-dealkylation sites (tertiary alicyclic amines) is 1. The zero-order valence-electron chi connectivity index (χ0n) is 15.7. The molecule has 2 fully saturated rings. The first-order valence-corrected chi connectivity index (χ1v) is 9.65. The average Bonchev–Trinajstić information content (AvgIpc) is 3.14. The molecule has 1 amide bonds. The van der Waals surface area contributed by atoms with Crippen LogP contribution in [0.5, 0.6) is 5.75 Å². The normalized spacial score (nSPS) is 21.2. The van der Waals surface area contributed by atoms with Gasteiger partial charge in [-0.25, -0.2) is 0 Å². The van der Waals surface area contributed by atoms with Crippen molar-refractivity contribution in [2.24, 2.45) is 0 Å². The molecule has 3 rings (SSSR count). The van der Waals surface area contributed by atoms with Crippen LogP contribution in [0, 0.1) is 0 Å². The maximum absolute atomic E-state index is 12.3. The van der Waals surface area contributed by atoms with Crippen LogP contribution in [-0.2, 0) is 11.3 Å². The van der Waals surface area contributed by atoms with Crippen molar-refractivity contribution in [2.45, 2.75) is 57.2 Å². The van der Waals surface area contributed by atoms with E-state index in [0.29, 0.717) is 25.2 Å². The van der Waals surface area contributed by atoms with Crippen LogP contribution in [-0.4, -0.2) is 49.6 Å². The van der Waals surface area contributed by atoms with E-state index in [9.17, 15) is 4.79 Å². The molecule has 2 aliphatic rings. The van der Waals surface area contributed by atoms with Gasteiger partial charge in [0.25, 0.3) is 0 Å². The van der Waals surface area contributed by atoms with E-state index in [4.69, 9.17) is 4.74 Å². The number of benzene rings is 1. The molecule has 0 aromatic heterocycles. The molecule has 1 aliphatic carbocycles. The lowest BCUT2D eigenvalue weighted by molar-refractivity contribution is -0.122. The van der Waals surface area contributed by atoms with Crippen LogP contribution in [0.15, 0.2) is 24.3 Å². The van der Waals surface area contributed by atoms with Gasteiger partial charge < -0.3 is 15.4 Å². The molecule has 2 N–H and O–H groups in total. The highest BCUT2D eigenvalue weighted by Crippen LogP contribution is 2.26. The number of ether oxygens (including phenoxy) is 1. The molecule has 0 radical (unpaired) electrons. The third kappa shape index (κ3) is 6.15. The lowest BCUT2D eigenvalue weighted by Gasteiger charge is -2.31. The van der Waals surface area contributed by atoms with Crippen molar-refractivity contribution >= 4 is 18.3 Å². The number of amides is 1. The second-order valence-electron chi connectivity index (χ2n) is 7.27. The Balaban J connectivity index is 0.00000243. The van der Waals surface area contributed by atoms with Gasteiger partial charge in [0.1, 0.15) is 5.75 Å². The molecule has 1 unspecified atom stereocenters. The summed E-state index contributed by atoms with van der Waals surface area (Å²) in [6.07, 6.45) is 7.48. The molecule has 26 heavy (non-hydrogen) atoms. The summed E-state index contributed by atoms with van der Waals surface area (Å²) in [7, 11) is 2.00. The highest BCUT2D eigenvalue weighted by molar-refractivity contribution is 5.85. The van der Waals surface area contributed by atoms with E-state index in [1.807, 2.05) is 31.3 Å². The summed E-state index contributed by atoms with van der Waals surface area (Å²) >= 11 is 0. The number of carbonyl (C=O) groups is 1. The lowest BCUT2D eigenvalue weighted by Crippen LogP contribution is -2.47. The van der Waals surface area contributed by atoms with E-state index in [-0.39, 0.29) is 18.3 Å². The summed E-state index contributed by atoms with van der Waals surface area (Å²) in [5, 5.41) is 6.38. The van der Waals surface area contributed by atoms with Crippen LogP contribution in [0.2, 0.25) is 0 Å². The van der Waals surface area contributed by atoms with Crippen molar-refractivity contribution in [3.63, 3.8) is 0 Å². The molecule has 5 nitrogen and oxygen atoms in total. The van der Waals surface area contributed by atoms with Gasteiger partial charge in [-0.3, -0.25) is 9.69 Å². The van der Waals surface area contributed by atoms with Crippen molar-refractivity contribution in [3.8, 4) is 5.75 Å². The fourth-order valence-corrected chi connectivity index (χ4v) is 3.84. The molecule has 1 aromatic rings. The second-order valence-corrected chi connectivity index (χ2v) is 7.27. The number of nitrogens with one attached hydrogen (secondary N) is 2. The molecule has 1 saturated carbocycles. The molecule has 0 spiro atoms. The summed E-state index contributed by atoms with van der Waals surface area (Å²) in [6.45, 7) is 2.97. The Morgan fingerprint density at radius 2 is 1.96 bits per heavy atom. The third-order valence-corrected chi connectivity index (χ3v) is 5.33. The van der Waals surface area contributed by atoms with Gasteiger partial charge in [0.15, 0.2) is 0 Å². The largest absolute Gasteiger partial charge is 0.490 e. The van der Waals surface area contributed by atoms with Crippen molar-refractivity contribution in [3.05, 3.63) is 29.8 Å². The van der Waals surface area contributed by atoms with E-state index >= 15 is 0 Å². The molecule has 1 atom stereocenters. The van der Waals surface area contributed by atoms with Crippen LogP contribution in [0.25, 0.3) is 0 Å². The van der Waals surface area contributed by atoms with Gasteiger partial charge >= 0.3 is 0 Å². The predicted octanol–water partition coefficient (Wildman–Crippen LogP) is 2.73. The predicted molar refractivity (Wildman–Crippen MR) is 107 cm³/mol. The molecular formula is C20H32ClN3O2. The van der Waals surface area contributed by atoms with Gasteiger partial charge in [0.05, 0.1) is 12.6 Å². The first-order chi connectivity index (χ1) is 12.2. The number of nitrogens with zero attached hydrogens (tertiary/aromatic N) is 1. The SMILES string of the molecule is CNC1CCCN(CC(=O)NCc2ccccc2OC2CCCC2)C1.Cl. The number of halogens is 1. The highest BCUT2D eigenvalue weighted by atomic mass is 35.5. The number of hydrogen-bond acceptors (Lipinski definition) is 4. The Kier molecular flexibility index (Phi) is 8.69. The van der Waals surface area contributed by atoms with E-state index < -0.39 is 0 Å². The maximum atomic E-state index is 12.3. The number of likely N-dealkylation sites (N-methyl/N-ethyl adjacent to an activating group) is 1. The highest BCUT2D eigenvalue weighted by Gasteiger charge is 2.21. The molecule has 1 heterocycles. The topological polar surface area (TPSA) is 53.6 Å². The van der Waals surface area contributed by atoms with Gasteiger partial charge in [0.2, 0.25) is 5.91 Å². The van der Waals surface area contributed by atoms with Crippen LogP contribution in [0.3, 0.4) is 0 Å². The minimum absolute atomic E-state index is 0. The second kappa shape index (κ2) is 10.8. The van der Waals surface area contributed by atoms with Gasteiger partial charge in [-0.05, 0) is 58.2 Å². The first-order valence-electron chi connectivity index (χ1n) is 9.65. The maximum Gasteiger partial charge on any atom is 0.234 e. The minimum atomic E-state index is 0. The van der Waals surface area contributed by atoms with Gasteiger partial charge in [0, 0.05) is 24.7 Å². The van der Waals surface area contributed by atoms with Gasteiger partial charge in [-0.1, -0.05) is 18.2 Å². The molecular weight excluding hydrogens is 350 g/mol. The summed E-state index contributed by atoms with van der Waals surface area (Å²) in [4.78, 5) is 14.6. The van der Waals surface area contributed by atoms with Crippen LogP contribution < -0.4 is 15.4 Å². The number of piperidine rings is 1. The first kappa shape index (κ1) is 21.0. The number of carbonyl (C=O) groups excluding carboxylic acids is 1. The number of rotatable bonds is 7. The average molecular weight is 382 g/mol. The summed E-state index contributed by atoms with van der Waals surface area (Å²) in [5.41, 5.74) is 1.06. The van der Waals surface area contributed by atoms with E-state index in [1.165, 1.54) is 19.3 Å².